The number of fused-ring (bicyclic) bond motifs is 1. The summed E-state index contributed by atoms with van der Waals surface area (Å²) in [6.45, 7) is 3.02. The first kappa shape index (κ1) is 24.1. The van der Waals surface area contributed by atoms with Gasteiger partial charge in [0.25, 0.3) is 0 Å². The van der Waals surface area contributed by atoms with Gasteiger partial charge in [0.2, 0.25) is 5.91 Å². The van der Waals surface area contributed by atoms with Gasteiger partial charge in [-0.15, -0.1) is 0 Å². The van der Waals surface area contributed by atoms with Crippen molar-refractivity contribution in [1.29, 1.82) is 0 Å². The number of benzene rings is 2. The number of hydrogen-bond acceptors (Lipinski definition) is 7. The van der Waals surface area contributed by atoms with Gasteiger partial charge in [0.15, 0.2) is 17.0 Å². The lowest BCUT2D eigenvalue weighted by molar-refractivity contribution is -0.162. The van der Waals surface area contributed by atoms with Crippen molar-refractivity contribution in [2.45, 2.75) is 45.3 Å². The Kier molecular flexibility index (Phi) is 7.58. The Bertz CT molecular complexity index is 1020. The average molecular weight is 456 g/mol. The Morgan fingerprint density at radius 3 is 2.18 bits per heavy atom. The summed E-state index contributed by atoms with van der Waals surface area (Å²) in [6.07, 6.45) is -0.163. The summed E-state index contributed by atoms with van der Waals surface area (Å²) >= 11 is 0. The Morgan fingerprint density at radius 2 is 1.61 bits per heavy atom. The van der Waals surface area contributed by atoms with Gasteiger partial charge in [-0.1, -0.05) is 30.3 Å². The molecule has 1 aliphatic carbocycles. The molecule has 0 radical (unpaired) electrons. The zero-order chi connectivity index (χ0) is 24.0. The number of esters is 1. The van der Waals surface area contributed by atoms with Crippen molar-refractivity contribution >= 4 is 18.0 Å². The largest absolute Gasteiger partial charge is 0.493 e. The van der Waals surface area contributed by atoms with Crippen LogP contribution in [0.4, 0.5) is 4.79 Å². The maximum absolute atomic E-state index is 13.3. The summed E-state index contributed by atoms with van der Waals surface area (Å²) in [5.74, 6) is -0.162. The second-order valence-corrected chi connectivity index (χ2v) is 7.80. The first-order chi connectivity index (χ1) is 15.9. The van der Waals surface area contributed by atoms with E-state index < -0.39 is 23.5 Å². The lowest BCUT2D eigenvalue weighted by Gasteiger charge is -2.42. The SMILES string of the molecule is CCOC(=O)C1(N(C(C)=O)C(=O)OCc2ccccc2)CCc2cc(OC)c(OC)cc2C1. The van der Waals surface area contributed by atoms with Crippen LogP contribution in [0.5, 0.6) is 11.5 Å². The molecule has 0 saturated carbocycles. The molecule has 3 rings (SSSR count). The minimum Gasteiger partial charge on any atom is -0.493 e. The molecule has 1 aliphatic rings. The molecule has 0 aromatic heterocycles. The van der Waals surface area contributed by atoms with Crippen LogP contribution in [0.15, 0.2) is 42.5 Å². The van der Waals surface area contributed by atoms with E-state index in [4.69, 9.17) is 18.9 Å². The number of carbonyl (C=O) groups excluding carboxylic acids is 3. The number of methoxy groups -OCH3 is 2. The zero-order valence-corrected chi connectivity index (χ0v) is 19.4. The monoisotopic (exact) mass is 455 g/mol. The standard InChI is InChI=1S/C25H29NO7/c1-5-32-23(28)25(12-11-19-13-21(30-3)22(31-4)14-20(19)15-25)26(17(2)27)24(29)33-16-18-9-7-6-8-10-18/h6-10,13-14H,5,11-12,15-16H2,1-4H3. The molecule has 8 nitrogen and oxygen atoms in total. The van der Waals surface area contributed by atoms with E-state index in [1.807, 2.05) is 36.4 Å². The Balaban J connectivity index is 1.98. The highest BCUT2D eigenvalue weighted by atomic mass is 16.6. The van der Waals surface area contributed by atoms with Crippen molar-refractivity contribution in [1.82, 2.24) is 4.90 Å². The number of ether oxygens (including phenoxy) is 4. The number of nitrogens with zero attached hydrogens (tertiary/aromatic N) is 1. The molecule has 176 valence electrons. The second-order valence-electron chi connectivity index (χ2n) is 7.80. The molecule has 0 fully saturated rings. The summed E-state index contributed by atoms with van der Waals surface area (Å²) in [6, 6.07) is 12.7. The predicted molar refractivity (Wildman–Crippen MR) is 120 cm³/mol. The van der Waals surface area contributed by atoms with Crippen molar-refractivity contribution in [2.75, 3.05) is 20.8 Å². The van der Waals surface area contributed by atoms with Crippen LogP contribution in [0.1, 0.15) is 37.0 Å². The van der Waals surface area contributed by atoms with E-state index in [-0.39, 0.29) is 26.1 Å². The number of carbonyl (C=O) groups is 3. The Hall–Kier alpha value is -3.55. The molecule has 0 saturated heterocycles. The van der Waals surface area contributed by atoms with E-state index in [1.54, 1.807) is 20.1 Å². The van der Waals surface area contributed by atoms with Crippen LogP contribution >= 0.6 is 0 Å². The number of hydrogen-bond donors (Lipinski definition) is 0. The summed E-state index contributed by atoms with van der Waals surface area (Å²) in [5, 5.41) is 0. The molecule has 8 heteroatoms. The molecule has 1 atom stereocenters. The lowest BCUT2D eigenvalue weighted by atomic mass is 9.76. The number of imide groups is 1. The minimum absolute atomic E-state index is 0.0238. The van der Waals surface area contributed by atoms with Gasteiger partial charge in [-0.25, -0.2) is 14.5 Å². The Morgan fingerprint density at radius 1 is 0.970 bits per heavy atom. The molecule has 0 N–H and O–H groups in total. The molecule has 0 spiro atoms. The molecule has 1 unspecified atom stereocenters. The minimum atomic E-state index is -1.53. The van der Waals surface area contributed by atoms with E-state index in [9.17, 15) is 14.4 Å². The van der Waals surface area contributed by atoms with Crippen LogP contribution < -0.4 is 9.47 Å². The van der Waals surface area contributed by atoms with Crippen LogP contribution in [0.3, 0.4) is 0 Å². The van der Waals surface area contributed by atoms with Crippen molar-refractivity contribution in [3.05, 3.63) is 59.2 Å². The first-order valence-electron chi connectivity index (χ1n) is 10.8. The Labute approximate surface area is 193 Å². The molecule has 33 heavy (non-hydrogen) atoms. The van der Waals surface area contributed by atoms with Gasteiger partial charge < -0.3 is 18.9 Å². The topological polar surface area (TPSA) is 91.4 Å². The molecule has 2 aromatic rings. The summed E-state index contributed by atoms with van der Waals surface area (Å²) in [7, 11) is 3.07. The summed E-state index contributed by atoms with van der Waals surface area (Å²) < 4.78 is 21.6. The maximum atomic E-state index is 13.3. The zero-order valence-electron chi connectivity index (χ0n) is 19.4. The van der Waals surface area contributed by atoms with Crippen LogP contribution in [-0.4, -0.2) is 49.2 Å². The van der Waals surface area contributed by atoms with E-state index in [2.05, 4.69) is 0 Å². The van der Waals surface area contributed by atoms with Gasteiger partial charge >= 0.3 is 12.1 Å². The number of amides is 2. The molecular weight excluding hydrogens is 426 g/mol. The van der Waals surface area contributed by atoms with Gasteiger partial charge in [0.05, 0.1) is 20.8 Å². The third kappa shape index (κ3) is 4.94. The predicted octanol–water partition coefficient (Wildman–Crippen LogP) is 3.68. The van der Waals surface area contributed by atoms with E-state index >= 15 is 0 Å². The fourth-order valence-electron chi connectivity index (χ4n) is 4.22. The smallest absolute Gasteiger partial charge is 0.417 e. The second kappa shape index (κ2) is 10.4. The molecule has 0 bridgehead atoms. The quantitative estimate of drug-likeness (QED) is 0.588. The third-order valence-electron chi connectivity index (χ3n) is 5.78. The highest BCUT2D eigenvalue weighted by Gasteiger charge is 2.52. The summed E-state index contributed by atoms with van der Waals surface area (Å²) in [4.78, 5) is 40.0. The van der Waals surface area contributed by atoms with Crippen molar-refractivity contribution in [3.8, 4) is 11.5 Å². The molecular formula is C25H29NO7. The highest BCUT2D eigenvalue weighted by molar-refractivity contribution is 5.98. The van der Waals surface area contributed by atoms with Gasteiger partial charge in [-0.2, -0.15) is 0 Å². The normalized spacial score (nSPS) is 16.8. The highest BCUT2D eigenvalue weighted by Crippen LogP contribution is 2.40. The molecule has 0 aliphatic heterocycles. The maximum Gasteiger partial charge on any atom is 0.417 e. The van der Waals surface area contributed by atoms with Crippen molar-refractivity contribution < 1.29 is 33.3 Å². The lowest BCUT2D eigenvalue weighted by Crippen LogP contribution is -2.62. The fraction of sp³-hybridized carbons (Fsp3) is 0.400. The fourth-order valence-corrected chi connectivity index (χ4v) is 4.22. The molecule has 0 heterocycles. The molecule has 2 aromatic carbocycles. The van der Waals surface area contributed by atoms with E-state index in [0.717, 1.165) is 21.6 Å². The van der Waals surface area contributed by atoms with Gasteiger partial charge in [-0.05, 0) is 48.6 Å². The third-order valence-corrected chi connectivity index (χ3v) is 5.78. The van der Waals surface area contributed by atoms with E-state index in [1.165, 1.54) is 14.0 Å². The number of aryl methyl sites for hydroxylation is 1. The first-order valence-corrected chi connectivity index (χ1v) is 10.8. The number of rotatable bonds is 7. The van der Waals surface area contributed by atoms with Crippen LogP contribution in [0, 0.1) is 0 Å². The van der Waals surface area contributed by atoms with Crippen LogP contribution in [-0.2, 0) is 38.5 Å². The van der Waals surface area contributed by atoms with E-state index in [0.29, 0.717) is 17.9 Å². The van der Waals surface area contributed by atoms with Gasteiger partial charge in [-0.3, -0.25) is 4.79 Å². The van der Waals surface area contributed by atoms with Gasteiger partial charge in [0.1, 0.15) is 6.61 Å². The average Bonchev–Trinajstić information content (AvgIpc) is 2.82. The van der Waals surface area contributed by atoms with Crippen LogP contribution in [0.2, 0.25) is 0 Å². The van der Waals surface area contributed by atoms with Crippen LogP contribution in [0.25, 0.3) is 0 Å². The molecule has 2 amide bonds. The van der Waals surface area contributed by atoms with Crippen molar-refractivity contribution in [3.63, 3.8) is 0 Å². The summed E-state index contributed by atoms with van der Waals surface area (Å²) in [5.41, 5.74) is 0.968. The van der Waals surface area contributed by atoms with Gasteiger partial charge in [0, 0.05) is 13.3 Å². The van der Waals surface area contributed by atoms with Crippen molar-refractivity contribution in [2.24, 2.45) is 0 Å².